The van der Waals surface area contributed by atoms with Crippen molar-refractivity contribution in [2.45, 2.75) is 19.4 Å². The van der Waals surface area contributed by atoms with Crippen LogP contribution in [-0.4, -0.2) is 23.6 Å². The molecule has 120 valence electrons. The Morgan fingerprint density at radius 2 is 1.96 bits per heavy atom. The van der Waals surface area contributed by atoms with Crippen molar-refractivity contribution in [3.05, 3.63) is 60.4 Å². The lowest BCUT2D eigenvalue weighted by Gasteiger charge is -2.18. The minimum absolute atomic E-state index is 0.0950. The van der Waals surface area contributed by atoms with Gasteiger partial charge in [-0.15, -0.1) is 0 Å². The highest BCUT2D eigenvalue weighted by Gasteiger charge is 2.19. The van der Waals surface area contributed by atoms with E-state index in [4.69, 9.17) is 4.74 Å². The number of hydrogen-bond donors (Lipinski definition) is 2. The smallest absolute Gasteiger partial charge is 0.407 e. The molecule has 1 aromatic carbocycles. The maximum absolute atomic E-state index is 12.2. The molecular formula is C17H19N3O3. The Balaban J connectivity index is 2.04. The summed E-state index contributed by atoms with van der Waals surface area (Å²) in [7, 11) is 0. The van der Waals surface area contributed by atoms with Crippen LogP contribution in [0.5, 0.6) is 0 Å². The molecule has 0 fully saturated rings. The van der Waals surface area contributed by atoms with E-state index < -0.39 is 12.1 Å². The summed E-state index contributed by atoms with van der Waals surface area (Å²) in [5, 5.41) is 5.47. The zero-order chi connectivity index (χ0) is 16.5. The van der Waals surface area contributed by atoms with Crippen molar-refractivity contribution in [2.24, 2.45) is 0 Å². The van der Waals surface area contributed by atoms with Crippen LogP contribution in [0.1, 0.15) is 24.9 Å². The van der Waals surface area contributed by atoms with Crippen LogP contribution in [0.4, 0.5) is 10.5 Å². The monoisotopic (exact) mass is 313 g/mol. The molecule has 0 unspecified atom stereocenters. The number of amides is 2. The molecule has 0 radical (unpaired) electrons. The van der Waals surface area contributed by atoms with Crippen molar-refractivity contribution in [3.8, 4) is 0 Å². The van der Waals surface area contributed by atoms with Crippen LogP contribution < -0.4 is 10.6 Å². The molecule has 2 rings (SSSR count). The van der Waals surface area contributed by atoms with E-state index in [-0.39, 0.29) is 18.9 Å². The minimum atomic E-state index is -0.546. The Bertz CT molecular complexity index is 632. The van der Waals surface area contributed by atoms with Crippen LogP contribution >= 0.6 is 0 Å². The topological polar surface area (TPSA) is 80.3 Å². The molecule has 0 bridgehead atoms. The molecule has 0 aliphatic carbocycles. The van der Waals surface area contributed by atoms with Crippen LogP contribution in [0, 0.1) is 0 Å². The fraction of sp³-hybridized carbons (Fsp3) is 0.235. The molecule has 0 saturated heterocycles. The summed E-state index contributed by atoms with van der Waals surface area (Å²) in [6.07, 6.45) is 2.74. The van der Waals surface area contributed by atoms with Crippen molar-refractivity contribution < 1.29 is 14.3 Å². The van der Waals surface area contributed by atoms with Gasteiger partial charge in [0.2, 0.25) is 5.91 Å². The summed E-state index contributed by atoms with van der Waals surface area (Å²) in [6.45, 7) is 2.00. The fourth-order valence-corrected chi connectivity index (χ4v) is 2.09. The number of anilines is 1. The molecule has 0 saturated carbocycles. The van der Waals surface area contributed by atoms with Gasteiger partial charge in [0.05, 0.1) is 31.0 Å². The van der Waals surface area contributed by atoms with Crippen LogP contribution in [0.3, 0.4) is 0 Å². The third-order valence-electron chi connectivity index (χ3n) is 3.10. The van der Waals surface area contributed by atoms with E-state index in [1.807, 2.05) is 30.3 Å². The average Bonchev–Trinajstić information content (AvgIpc) is 2.56. The van der Waals surface area contributed by atoms with E-state index in [1.165, 1.54) is 0 Å². The number of nitrogens with one attached hydrogen (secondary N) is 2. The lowest BCUT2D eigenvalue weighted by molar-refractivity contribution is -0.116. The molecule has 2 N–H and O–H groups in total. The van der Waals surface area contributed by atoms with Crippen molar-refractivity contribution in [1.29, 1.82) is 0 Å². The standard InChI is InChI=1S/C17H19N3O3/c1-2-23-17(22)20-15(13-7-4-3-5-8-13)11-16(21)19-14-9-6-10-18-12-14/h3-10,12,15H,2,11H2,1H3,(H,19,21)(H,20,22)/t15-/m0/s1. The lowest BCUT2D eigenvalue weighted by atomic mass is 10.0. The number of ether oxygens (including phenoxy) is 1. The van der Waals surface area contributed by atoms with Crippen LogP contribution in [0.15, 0.2) is 54.9 Å². The number of rotatable bonds is 6. The van der Waals surface area contributed by atoms with Gasteiger partial charge in [0, 0.05) is 6.20 Å². The summed E-state index contributed by atoms with van der Waals surface area (Å²) in [4.78, 5) is 27.8. The van der Waals surface area contributed by atoms with Gasteiger partial charge in [-0.3, -0.25) is 9.78 Å². The predicted octanol–water partition coefficient (Wildman–Crippen LogP) is 2.90. The first-order valence-corrected chi connectivity index (χ1v) is 7.37. The molecule has 0 aliphatic heterocycles. The number of carbonyl (C=O) groups is 2. The number of carbonyl (C=O) groups excluding carboxylic acids is 2. The summed E-state index contributed by atoms with van der Waals surface area (Å²) in [5.41, 5.74) is 1.45. The van der Waals surface area contributed by atoms with Crippen LogP contribution in [0.2, 0.25) is 0 Å². The zero-order valence-electron chi connectivity index (χ0n) is 12.9. The van der Waals surface area contributed by atoms with Gasteiger partial charge in [-0.2, -0.15) is 0 Å². The van der Waals surface area contributed by atoms with Gasteiger partial charge in [-0.25, -0.2) is 4.79 Å². The SMILES string of the molecule is CCOC(=O)N[C@@H](CC(=O)Nc1cccnc1)c1ccccc1. The molecule has 6 nitrogen and oxygen atoms in total. The normalized spacial score (nSPS) is 11.3. The Kier molecular flexibility index (Phi) is 6.11. The number of hydrogen-bond acceptors (Lipinski definition) is 4. The lowest BCUT2D eigenvalue weighted by Crippen LogP contribution is -2.32. The largest absolute Gasteiger partial charge is 0.450 e. The first kappa shape index (κ1) is 16.5. The van der Waals surface area contributed by atoms with Gasteiger partial charge >= 0.3 is 6.09 Å². The second-order valence-electron chi connectivity index (χ2n) is 4.82. The molecule has 6 heteroatoms. The summed E-state index contributed by atoms with van der Waals surface area (Å²) < 4.78 is 4.90. The van der Waals surface area contributed by atoms with E-state index in [2.05, 4.69) is 15.6 Å². The fourth-order valence-electron chi connectivity index (χ4n) is 2.09. The number of nitrogens with zero attached hydrogens (tertiary/aromatic N) is 1. The minimum Gasteiger partial charge on any atom is -0.450 e. The zero-order valence-corrected chi connectivity index (χ0v) is 12.9. The van der Waals surface area contributed by atoms with E-state index >= 15 is 0 Å². The van der Waals surface area contributed by atoms with E-state index in [0.717, 1.165) is 5.56 Å². The molecule has 0 spiro atoms. The highest BCUT2D eigenvalue weighted by atomic mass is 16.5. The molecule has 23 heavy (non-hydrogen) atoms. The molecule has 2 aromatic rings. The van der Waals surface area contributed by atoms with Crippen molar-refractivity contribution in [1.82, 2.24) is 10.3 Å². The first-order valence-electron chi connectivity index (χ1n) is 7.37. The van der Waals surface area contributed by atoms with Gasteiger partial charge < -0.3 is 15.4 Å². The second-order valence-corrected chi connectivity index (χ2v) is 4.82. The Hall–Kier alpha value is -2.89. The summed E-state index contributed by atoms with van der Waals surface area (Å²) >= 11 is 0. The number of aromatic nitrogens is 1. The Morgan fingerprint density at radius 1 is 1.17 bits per heavy atom. The van der Waals surface area contributed by atoms with Gasteiger partial charge in [0.1, 0.15) is 0 Å². The Labute approximate surface area is 134 Å². The second kappa shape index (κ2) is 8.53. The van der Waals surface area contributed by atoms with Gasteiger partial charge in [0.25, 0.3) is 0 Å². The summed E-state index contributed by atoms with van der Waals surface area (Å²) in [6, 6.07) is 12.3. The molecule has 1 atom stereocenters. The third kappa shape index (κ3) is 5.43. The van der Waals surface area contributed by atoms with E-state index in [0.29, 0.717) is 5.69 Å². The molecule has 2 amide bonds. The summed E-state index contributed by atoms with van der Waals surface area (Å²) in [5.74, 6) is -0.219. The van der Waals surface area contributed by atoms with E-state index in [9.17, 15) is 9.59 Å². The van der Waals surface area contributed by atoms with Crippen LogP contribution in [0.25, 0.3) is 0 Å². The van der Waals surface area contributed by atoms with Crippen molar-refractivity contribution in [2.75, 3.05) is 11.9 Å². The maximum atomic E-state index is 12.2. The van der Waals surface area contributed by atoms with Crippen molar-refractivity contribution >= 4 is 17.7 Å². The van der Waals surface area contributed by atoms with Crippen LogP contribution in [-0.2, 0) is 9.53 Å². The highest BCUT2D eigenvalue weighted by Crippen LogP contribution is 2.18. The maximum Gasteiger partial charge on any atom is 0.407 e. The number of benzene rings is 1. The third-order valence-corrected chi connectivity index (χ3v) is 3.10. The van der Waals surface area contributed by atoms with Gasteiger partial charge in [0.15, 0.2) is 0 Å². The van der Waals surface area contributed by atoms with E-state index in [1.54, 1.807) is 31.5 Å². The van der Waals surface area contributed by atoms with Gasteiger partial charge in [-0.05, 0) is 24.6 Å². The molecule has 0 aliphatic rings. The molecule has 1 heterocycles. The highest BCUT2D eigenvalue weighted by molar-refractivity contribution is 5.91. The Morgan fingerprint density at radius 3 is 2.61 bits per heavy atom. The van der Waals surface area contributed by atoms with Crippen molar-refractivity contribution in [3.63, 3.8) is 0 Å². The first-order chi connectivity index (χ1) is 11.2. The van der Waals surface area contributed by atoms with Gasteiger partial charge in [-0.1, -0.05) is 30.3 Å². The molecular weight excluding hydrogens is 294 g/mol. The molecule has 1 aromatic heterocycles. The predicted molar refractivity (Wildman–Crippen MR) is 86.8 cm³/mol. The average molecular weight is 313 g/mol. The number of alkyl carbamates (subject to hydrolysis) is 1. The number of pyridine rings is 1. The quantitative estimate of drug-likeness (QED) is 0.859.